The monoisotopic (exact) mass is 461 g/mol. The molecule has 0 unspecified atom stereocenters. The van der Waals surface area contributed by atoms with Crippen molar-refractivity contribution in [3.63, 3.8) is 0 Å². The molecule has 9 heteroatoms. The Hall–Kier alpha value is -1.47. The molecular weight excluding hydrogens is 445 g/mol. The molecule has 0 aromatic heterocycles. The zero-order valence-electron chi connectivity index (χ0n) is 14.8. The van der Waals surface area contributed by atoms with Crippen LogP contribution in [0.5, 0.6) is 5.75 Å². The fraction of sp³-hybridized carbons (Fsp3) is 0.316. The molecule has 0 N–H and O–H groups in total. The van der Waals surface area contributed by atoms with Gasteiger partial charge in [-0.05, 0) is 48.4 Å². The molecule has 1 amide bonds. The van der Waals surface area contributed by atoms with Crippen LogP contribution in [0.2, 0.25) is 15.1 Å². The predicted molar refractivity (Wildman–Crippen MR) is 111 cm³/mol. The normalized spacial score (nSPS) is 18.0. The highest BCUT2D eigenvalue weighted by atomic mass is 35.5. The van der Waals surface area contributed by atoms with Gasteiger partial charge in [-0.25, -0.2) is 8.42 Å². The zero-order chi connectivity index (χ0) is 20.3. The summed E-state index contributed by atoms with van der Waals surface area (Å²) in [4.78, 5) is 14.4. The van der Waals surface area contributed by atoms with Crippen molar-refractivity contribution in [1.82, 2.24) is 4.90 Å². The van der Waals surface area contributed by atoms with Crippen LogP contribution in [-0.4, -0.2) is 43.4 Å². The van der Waals surface area contributed by atoms with Crippen LogP contribution >= 0.6 is 34.8 Å². The van der Waals surface area contributed by atoms with Crippen molar-refractivity contribution in [2.75, 3.05) is 18.1 Å². The Morgan fingerprint density at radius 2 is 1.75 bits per heavy atom. The average Bonchev–Trinajstić information content (AvgIpc) is 3.00. The molecule has 1 saturated heterocycles. The number of halogens is 3. The number of hydrogen-bond acceptors (Lipinski definition) is 4. The summed E-state index contributed by atoms with van der Waals surface area (Å²) >= 11 is 18.0. The van der Waals surface area contributed by atoms with Crippen molar-refractivity contribution < 1.29 is 17.9 Å². The lowest BCUT2D eigenvalue weighted by atomic mass is 10.1. The van der Waals surface area contributed by atoms with Gasteiger partial charge in [-0.2, -0.15) is 0 Å². The third-order valence-electron chi connectivity index (χ3n) is 4.50. The minimum absolute atomic E-state index is 0.0633. The van der Waals surface area contributed by atoms with Gasteiger partial charge in [-0.1, -0.05) is 40.9 Å². The number of amides is 1. The number of rotatable bonds is 6. The Morgan fingerprint density at radius 1 is 1.07 bits per heavy atom. The van der Waals surface area contributed by atoms with E-state index in [9.17, 15) is 13.2 Å². The average molecular weight is 463 g/mol. The Morgan fingerprint density at radius 3 is 2.36 bits per heavy atom. The van der Waals surface area contributed by atoms with E-state index in [1.165, 1.54) is 4.90 Å². The summed E-state index contributed by atoms with van der Waals surface area (Å²) in [7, 11) is -3.16. The van der Waals surface area contributed by atoms with Crippen LogP contribution in [-0.2, 0) is 21.2 Å². The molecular formula is C19H18Cl3NO4S. The molecule has 0 spiro atoms. The molecule has 3 rings (SSSR count). The van der Waals surface area contributed by atoms with Gasteiger partial charge in [-0.3, -0.25) is 4.79 Å². The lowest BCUT2D eigenvalue weighted by Gasteiger charge is -2.29. The summed E-state index contributed by atoms with van der Waals surface area (Å²) in [5.41, 5.74) is 0.690. The maximum absolute atomic E-state index is 12.9. The first-order valence-corrected chi connectivity index (χ1v) is 11.5. The number of nitrogens with zero attached hydrogens (tertiary/aromatic N) is 1. The van der Waals surface area contributed by atoms with Gasteiger partial charge >= 0.3 is 0 Å². The van der Waals surface area contributed by atoms with E-state index < -0.39 is 15.9 Å². The van der Waals surface area contributed by atoms with Crippen LogP contribution in [0.4, 0.5) is 0 Å². The molecule has 0 saturated carbocycles. The van der Waals surface area contributed by atoms with E-state index in [0.717, 1.165) is 0 Å². The number of sulfone groups is 1. The quantitative estimate of drug-likeness (QED) is 0.644. The topological polar surface area (TPSA) is 63.7 Å². The number of carbonyl (C=O) groups excluding carboxylic acids is 1. The summed E-state index contributed by atoms with van der Waals surface area (Å²) in [5, 5.41) is 1.47. The van der Waals surface area contributed by atoms with Gasteiger partial charge in [0.2, 0.25) is 0 Å². The predicted octanol–water partition coefficient (Wildman–Crippen LogP) is 4.24. The van der Waals surface area contributed by atoms with Gasteiger partial charge in [0, 0.05) is 27.7 Å². The summed E-state index contributed by atoms with van der Waals surface area (Å²) < 4.78 is 29.4. The van der Waals surface area contributed by atoms with Crippen molar-refractivity contribution in [3.8, 4) is 5.75 Å². The highest BCUT2D eigenvalue weighted by Gasteiger charge is 2.35. The summed E-state index contributed by atoms with van der Waals surface area (Å²) in [6, 6.07) is 11.2. The van der Waals surface area contributed by atoms with E-state index in [1.807, 2.05) is 0 Å². The maximum Gasteiger partial charge on any atom is 0.261 e. The highest BCUT2D eigenvalue weighted by molar-refractivity contribution is 7.91. The molecule has 150 valence electrons. The molecule has 1 aliphatic rings. The molecule has 1 heterocycles. The Labute approximate surface area is 179 Å². The Kier molecular flexibility index (Phi) is 6.76. The minimum atomic E-state index is -3.16. The smallest absolute Gasteiger partial charge is 0.261 e. The largest absolute Gasteiger partial charge is 0.484 e. The number of ether oxygens (including phenoxy) is 1. The molecule has 5 nitrogen and oxygen atoms in total. The number of benzene rings is 2. The Bertz CT molecular complexity index is 964. The van der Waals surface area contributed by atoms with E-state index >= 15 is 0 Å². The Balaban J connectivity index is 1.76. The first-order chi connectivity index (χ1) is 13.2. The van der Waals surface area contributed by atoms with Crippen molar-refractivity contribution in [1.29, 1.82) is 0 Å². The van der Waals surface area contributed by atoms with Crippen LogP contribution in [0.25, 0.3) is 0 Å². The molecule has 28 heavy (non-hydrogen) atoms. The second kappa shape index (κ2) is 8.91. The van der Waals surface area contributed by atoms with Gasteiger partial charge in [0.15, 0.2) is 16.4 Å². The van der Waals surface area contributed by atoms with E-state index in [0.29, 0.717) is 32.8 Å². The number of hydrogen-bond donors (Lipinski definition) is 0. The van der Waals surface area contributed by atoms with Crippen molar-refractivity contribution in [2.24, 2.45) is 0 Å². The molecule has 0 aliphatic carbocycles. The third-order valence-corrected chi connectivity index (χ3v) is 7.09. The van der Waals surface area contributed by atoms with Crippen LogP contribution in [0.15, 0.2) is 42.5 Å². The second-order valence-corrected chi connectivity index (χ2v) is 10.1. The first kappa shape index (κ1) is 21.2. The van der Waals surface area contributed by atoms with E-state index in [1.54, 1.807) is 42.5 Å². The molecule has 2 aromatic rings. The van der Waals surface area contributed by atoms with Gasteiger partial charge < -0.3 is 9.64 Å². The van der Waals surface area contributed by atoms with E-state index in [4.69, 9.17) is 39.5 Å². The van der Waals surface area contributed by atoms with Crippen molar-refractivity contribution in [3.05, 3.63) is 63.1 Å². The maximum atomic E-state index is 12.9. The van der Waals surface area contributed by atoms with Gasteiger partial charge in [0.05, 0.1) is 11.5 Å². The minimum Gasteiger partial charge on any atom is -0.484 e. The molecule has 0 radical (unpaired) electrons. The van der Waals surface area contributed by atoms with Crippen molar-refractivity contribution in [2.45, 2.75) is 19.0 Å². The highest BCUT2D eigenvalue weighted by Crippen LogP contribution is 2.26. The fourth-order valence-electron chi connectivity index (χ4n) is 3.03. The van der Waals surface area contributed by atoms with Crippen LogP contribution < -0.4 is 4.74 Å². The fourth-order valence-corrected chi connectivity index (χ4v) is 5.36. The van der Waals surface area contributed by atoms with E-state index in [2.05, 4.69) is 0 Å². The molecule has 1 atom stereocenters. The van der Waals surface area contributed by atoms with E-state index in [-0.39, 0.29) is 30.6 Å². The molecule has 1 aliphatic heterocycles. The van der Waals surface area contributed by atoms with Gasteiger partial charge in [-0.15, -0.1) is 0 Å². The zero-order valence-corrected chi connectivity index (χ0v) is 17.9. The third kappa shape index (κ3) is 5.54. The summed E-state index contributed by atoms with van der Waals surface area (Å²) in [6.07, 6.45) is 0.389. The van der Waals surface area contributed by atoms with Gasteiger partial charge in [0.1, 0.15) is 5.75 Å². The molecule has 2 aromatic carbocycles. The molecule has 0 bridgehead atoms. The van der Waals surface area contributed by atoms with Gasteiger partial charge in [0.25, 0.3) is 5.91 Å². The first-order valence-electron chi connectivity index (χ1n) is 8.56. The standard InChI is InChI=1S/C19H18Cl3NO4S/c20-14-3-5-17(6-4-14)27-11-19(24)23(16-7-8-28(25,26)12-16)10-13-1-2-15(21)9-18(13)22/h1-6,9,16H,7-8,10-12H2/t16-/m0/s1. The SMILES string of the molecule is O=C(COc1ccc(Cl)cc1)N(Cc1ccc(Cl)cc1Cl)[C@H]1CCS(=O)(=O)C1. The second-order valence-electron chi connectivity index (χ2n) is 6.56. The van der Waals surface area contributed by atoms with Crippen LogP contribution in [0, 0.1) is 0 Å². The van der Waals surface area contributed by atoms with Crippen LogP contribution in [0.3, 0.4) is 0 Å². The number of carbonyl (C=O) groups is 1. The summed E-state index contributed by atoms with van der Waals surface area (Å²) in [5.74, 6) is 0.183. The lowest BCUT2D eigenvalue weighted by molar-refractivity contribution is -0.136. The summed E-state index contributed by atoms with van der Waals surface area (Å²) in [6.45, 7) is -0.0393. The lowest BCUT2D eigenvalue weighted by Crippen LogP contribution is -2.43. The molecule has 1 fully saturated rings. The van der Waals surface area contributed by atoms with Crippen molar-refractivity contribution >= 4 is 50.5 Å². The van der Waals surface area contributed by atoms with Crippen LogP contribution in [0.1, 0.15) is 12.0 Å².